The Bertz CT molecular complexity index is 555. The average Bonchev–Trinajstić information content (AvgIpc) is 2.50. The van der Waals surface area contributed by atoms with Gasteiger partial charge in [0.2, 0.25) is 5.91 Å². The molecule has 0 radical (unpaired) electrons. The number of rotatable bonds is 7. The third kappa shape index (κ3) is 5.54. The molecule has 0 atom stereocenters. The van der Waals surface area contributed by atoms with Gasteiger partial charge >= 0.3 is 0 Å². The summed E-state index contributed by atoms with van der Waals surface area (Å²) in [7, 11) is 0. The summed E-state index contributed by atoms with van der Waals surface area (Å²) < 4.78 is 10.7. The summed E-state index contributed by atoms with van der Waals surface area (Å²) in [5, 5.41) is 2.72. The minimum atomic E-state index is -0.209. The van der Waals surface area contributed by atoms with Crippen LogP contribution in [0.3, 0.4) is 0 Å². The van der Waals surface area contributed by atoms with E-state index in [1.165, 1.54) is 0 Å². The first-order valence-electron chi connectivity index (χ1n) is 6.65. The molecule has 0 aliphatic rings. The summed E-state index contributed by atoms with van der Waals surface area (Å²) in [5.74, 6) is 0.576. The van der Waals surface area contributed by atoms with Crippen LogP contribution in [-0.4, -0.2) is 25.7 Å². The molecular formula is C16H18N2O3. The van der Waals surface area contributed by atoms with Crippen molar-refractivity contribution in [1.82, 2.24) is 0 Å². The molecule has 2 aromatic rings. The number of nitrogen functional groups attached to an aromatic ring is 1. The van der Waals surface area contributed by atoms with Gasteiger partial charge in [-0.15, -0.1) is 0 Å². The van der Waals surface area contributed by atoms with E-state index >= 15 is 0 Å². The molecule has 0 fully saturated rings. The molecule has 2 rings (SSSR count). The minimum absolute atomic E-state index is 0.0114. The SMILES string of the molecule is Nc1ccc(NC(=O)COCCOc2ccccc2)cc1. The van der Waals surface area contributed by atoms with Crippen LogP contribution >= 0.6 is 0 Å². The number of anilines is 2. The summed E-state index contributed by atoms with van der Waals surface area (Å²) in [6.45, 7) is 0.742. The van der Waals surface area contributed by atoms with Gasteiger partial charge in [-0.05, 0) is 36.4 Å². The highest BCUT2D eigenvalue weighted by atomic mass is 16.5. The van der Waals surface area contributed by atoms with Crippen LogP contribution in [0.2, 0.25) is 0 Å². The minimum Gasteiger partial charge on any atom is -0.491 e. The van der Waals surface area contributed by atoms with Gasteiger partial charge in [0.15, 0.2) is 0 Å². The molecule has 5 heteroatoms. The van der Waals surface area contributed by atoms with Gasteiger partial charge in [-0.1, -0.05) is 18.2 Å². The number of ether oxygens (including phenoxy) is 2. The molecule has 21 heavy (non-hydrogen) atoms. The standard InChI is InChI=1S/C16H18N2O3/c17-13-6-8-14(9-7-13)18-16(19)12-20-10-11-21-15-4-2-1-3-5-15/h1-9H,10-12,17H2,(H,18,19). The Balaban J connectivity index is 1.60. The van der Waals surface area contributed by atoms with E-state index in [2.05, 4.69) is 5.32 Å². The summed E-state index contributed by atoms with van der Waals surface area (Å²) in [4.78, 5) is 11.6. The van der Waals surface area contributed by atoms with Crippen LogP contribution in [0.4, 0.5) is 11.4 Å². The maximum atomic E-state index is 11.6. The lowest BCUT2D eigenvalue weighted by Gasteiger charge is -2.08. The van der Waals surface area contributed by atoms with E-state index in [0.29, 0.717) is 24.6 Å². The number of carbonyl (C=O) groups excluding carboxylic acids is 1. The monoisotopic (exact) mass is 286 g/mol. The smallest absolute Gasteiger partial charge is 0.250 e. The Morgan fingerprint density at radius 2 is 1.71 bits per heavy atom. The maximum absolute atomic E-state index is 11.6. The third-order valence-corrected chi connectivity index (χ3v) is 2.67. The van der Waals surface area contributed by atoms with Crippen LogP contribution in [0, 0.1) is 0 Å². The molecule has 110 valence electrons. The topological polar surface area (TPSA) is 73.6 Å². The van der Waals surface area contributed by atoms with Crippen LogP contribution in [0.15, 0.2) is 54.6 Å². The average molecular weight is 286 g/mol. The van der Waals surface area contributed by atoms with Crippen LogP contribution in [0.5, 0.6) is 5.75 Å². The highest BCUT2D eigenvalue weighted by Gasteiger charge is 2.02. The molecule has 0 unspecified atom stereocenters. The number of nitrogens with one attached hydrogen (secondary N) is 1. The van der Waals surface area contributed by atoms with E-state index < -0.39 is 0 Å². The van der Waals surface area contributed by atoms with Crippen molar-refractivity contribution in [1.29, 1.82) is 0 Å². The lowest BCUT2D eigenvalue weighted by molar-refractivity contribution is -0.120. The van der Waals surface area contributed by atoms with Gasteiger partial charge in [0.1, 0.15) is 19.0 Å². The zero-order valence-electron chi connectivity index (χ0n) is 11.6. The van der Waals surface area contributed by atoms with Crippen LogP contribution in [-0.2, 0) is 9.53 Å². The molecule has 1 amide bonds. The van der Waals surface area contributed by atoms with Crippen molar-refractivity contribution in [3.05, 3.63) is 54.6 Å². The van der Waals surface area contributed by atoms with Crippen molar-refractivity contribution in [2.75, 3.05) is 30.9 Å². The Kier molecular flexibility index (Phi) is 5.60. The second-order valence-electron chi connectivity index (χ2n) is 4.38. The summed E-state index contributed by atoms with van der Waals surface area (Å²) in [6.07, 6.45) is 0. The molecule has 5 nitrogen and oxygen atoms in total. The summed E-state index contributed by atoms with van der Waals surface area (Å²) in [6, 6.07) is 16.4. The number of nitrogens with two attached hydrogens (primary N) is 1. The number of amides is 1. The van der Waals surface area contributed by atoms with E-state index in [0.717, 1.165) is 5.75 Å². The molecule has 0 heterocycles. The zero-order chi connectivity index (χ0) is 14.9. The first kappa shape index (κ1) is 14.9. The normalized spacial score (nSPS) is 10.1. The predicted molar refractivity (Wildman–Crippen MR) is 82.2 cm³/mol. The molecule has 3 N–H and O–H groups in total. The number of benzene rings is 2. The van der Waals surface area contributed by atoms with Gasteiger partial charge in [0.25, 0.3) is 0 Å². The van der Waals surface area contributed by atoms with Crippen molar-refractivity contribution in [3.8, 4) is 5.75 Å². The highest BCUT2D eigenvalue weighted by molar-refractivity contribution is 5.91. The van der Waals surface area contributed by atoms with Crippen molar-refractivity contribution in [2.24, 2.45) is 0 Å². The summed E-state index contributed by atoms with van der Waals surface area (Å²) >= 11 is 0. The van der Waals surface area contributed by atoms with Crippen molar-refractivity contribution < 1.29 is 14.3 Å². The zero-order valence-corrected chi connectivity index (χ0v) is 11.6. The first-order chi connectivity index (χ1) is 10.2. The predicted octanol–water partition coefficient (Wildman–Crippen LogP) is 2.30. The second kappa shape index (κ2) is 7.91. The van der Waals surface area contributed by atoms with Crippen molar-refractivity contribution in [2.45, 2.75) is 0 Å². The molecule has 0 bridgehead atoms. The van der Waals surface area contributed by atoms with E-state index in [-0.39, 0.29) is 12.5 Å². The fourth-order valence-electron chi connectivity index (χ4n) is 1.66. The first-order valence-corrected chi connectivity index (χ1v) is 6.65. The molecular weight excluding hydrogens is 268 g/mol. The van der Waals surface area contributed by atoms with Crippen LogP contribution in [0.1, 0.15) is 0 Å². The van der Waals surface area contributed by atoms with E-state index in [1.807, 2.05) is 30.3 Å². The lowest BCUT2D eigenvalue weighted by atomic mass is 10.3. The molecule has 2 aromatic carbocycles. The molecule has 0 aliphatic heterocycles. The Labute approximate surface area is 123 Å². The lowest BCUT2D eigenvalue weighted by Crippen LogP contribution is -2.20. The summed E-state index contributed by atoms with van der Waals surface area (Å²) in [5.41, 5.74) is 6.92. The molecule has 0 spiro atoms. The van der Waals surface area contributed by atoms with Crippen molar-refractivity contribution >= 4 is 17.3 Å². The van der Waals surface area contributed by atoms with Gasteiger partial charge < -0.3 is 20.5 Å². The number of hydrogen-bond acceptors (Lipinski definition) is 4. The molecule has 0 saturated heterocycles. The van der Waals surface area contributed by atoms with E-state index in [1.54, 1.807) is 24.3 Å². The fourth-order valence-corrected chi connectivity index (χ4v) is 1.66. The Hall–Kier alpha value is -2.53. The maximum Gasteiger partial charge on any atom is 0.250 e. The Morgan fingerprint density at radius 3 is 2.43 bits per heavy atom. The van der Waals surface area contributed by atoms with Crippen LogP contribution in [0.25, 0.3) is 0 Å². The number of para-hydroxylation sites is 1. The molecule has 0 saturated carbocycles. The van der Waals surface area contributed by atoms with Crippen molar-refractivity contribution in [3.63, 3.8) is 0 Å². The van der Waals surface area contributed by atoms with Gasteiger partial charge in [0, 0.05) is 11.4 Å². The van der Waals surface area contributed by atoms with E-state index in [4.69, 9.17) is 15.2 Å². The largest absolute Gasteiger partial charge is 0.491 e. The highest BCUT2D eigenvalue weighted by Crippen LogP contribution is 2.10. The van der Waals surface area contributed by atoms with E-state index in [9.17, 15) is 4.79 Å². The Morgan fingerprint density at radius 1 is 1.00 bits per heavy atom. The molecule has 0 aliphatic carbocycles. The number of hydrogen-bond donors (Lipinski definition) is 2. The van der Waals surface area contributed by atoms with Crippen LogP contribution < -0.4 is 15.8 Å². The third-order valence-electron chi connectivity index (χ3n) is 2.67. The van der Waals surface area contributed by atoms with Gasteiger partial charge in [-0.2, -0.15) is 0 Å². The number of carbonyl (C=O) groups is 1. The van der Waals surface area contributed by atoms with Gasteiger partial charge in [0.05, 0.1) is 6.61 Å². The van der Waals surface area contributed by atoms with Gasteiger partial charge in [-0.3, -0.25) is 4.79 Å². The van der Waals surface area contributed by atoms with Gasteiger partial charge in [-0.25, -0.2) is 0 Å². The molecule has 0 aromatic heterocycles. The second-order valence-corrected chi connectivity index (χ2v) is 4.38. The fraction of sp³-hybridized carbons (Fsp3) is 0.188. The quantitative estimate of drug-likeness (QED) is 0.605.